The number of carbonyl (C=O) groups excluding carboxylic acids is 1. The Morgan fingerprint density at radius 1 is 0.935 bits per heavy atom. The molecule has 3 aromatic rings. The summed E-state index contributed by atoms with van der Waals surface area (Å²) in [6, 6.07) is 10.8. The van der Waals surface area contributed by atoms with E-state index in [0.29, 0.717) is 45.0 Å². The fourth-order valence-electron chi connectivity index (χ4n) is 4.01. The lowest BCUT2D eigenvalue weighted by molar-refractivity contribution is 0.0742. The number of carbonyl (C=O) groups is 1. The first kappa shape index (κ1) is 19.5. The molecule has 160 valence electrons. The molecule has 9 nitrogen and oxygen atoms in total. The molecule has 2 saturated heterocycles. The first-order chi connectivity index (χ1) is 15.2. The average molecular weight is 421 g/mol. The maximum atomic E-state index is 13.0. The third-order valence-corrected chi connectivity index (χ3v) is 5.77. The van der Waals surface area contributed by atoms with Crippen LogP contribution in [0.2, 0.25) is 0 Å². The first-order valence-corrected chi connectivity index (χ1v) is 10.4. The summed E-state index contributed by atoms with van der Waals surface area (Å²) in [6.07, 6.45) is 1.77. The van der Waals surface area contributed by atoms with Gasteiger partial charge < -0.3 is 23.9 Å². The molecule has 2 aromatic heterocycles. The molecular formula is C22H23N5O4. The van der Waals surface area contributed by atoms with Gasteiger partial charge in [0.05, 0.1) is 25.1 Å². The maximum Gasteiger partial charge on any atom is 0.349 e. The van der Waals surface area contributed by atoms with Crippen LogP contribution in [0.1, 0.15) is 10.4 Å². The first-order valence-electron chi connectivity index (χ1n) is 10.4. The van der Waals surface area contributed by atoms with Crippen molar-refractivity contribution in [2.24, 2.45) is 0 Å². The number of aromatic nitrogens is 2. The number of hydrogen-bond donors (Lipinski definition) is 0. The Bertz CT molecular complexity index is 1150. The van der Waals surface area contributed by atoms with Crippen molar-refractivity contribution in [2.45, 2.75) is 0 Å². The highest BCUT2D eigenvalue weighted by molar-refractivity contribution is 5.96. The molecule has 31 heavy (non-hydrogen) atoms. The number of benzene rings is 1. The summed E-state index contributed by atoms with van der Waals surface area (Å²) in [4.78, 5) is 31.3. The highest BCUT2D eigenvalue weighted by Crippen LogP contribution is 2.21. The lowest BCUT2D eigenvalue weighted by Gasteiger charge is -2.35. The number of rotatable bonds is 3. The zero-order chi connectivity index (χ0) is 21.2. The molecule has 0 atom stereocenters. The number of anilines is 2. The second-order valence-corrected chi connectivity index (χ2v) is 7.64. The molecule has 0 bridgehead atoms. The topological polar surface area (TPSA) is 92.0 Å². The number of amides is 1. The third kappa shape index (κ3) is 3.96. The Labute approximate surface area is 178 Å². The van der Waals surface area contributed by atoms with Gasteiger partial charge in [-0.25, -0.2) is 4.79 Å². The molecule has 0 saturated carbocycles. The minimum Gasteiger partial charge on any atom is -0.422 e. The lowest BCUT2D eigenvalue weighted by atomic mass is 10.1. The van der Waals surface area contributed by atoms with Crippen LogP contribution in [0.4, 0.5) is 11.5 Å². The summed E-state index contributed by atoms with van der Waals surface area (Å²) in [5.41, 5.74) is 0.977. The fraction of sp³-hybridized carbons (Fsp3) is 0.364. The summed E-state index contributed by atoms with van der Waals surface area (Å²) in [7, 11) is 0. The molecule has 2 aliphatic rings. The van der Waals surface area contributed by atoms with Crippen LogP contribution in [0.15, 0.2) is 51.8 Å². The maximum absolute atomic E-state index is 13.0. The normalized spacial score (nSPS) is 17.2. The number of piperazine rings is 1. The summed E-state index contributed by atoms with van der Waals surface area (Å²) in [5, 5.41) is 9.19. The highest BCUT2D eigenvalue weighted by Gasteiger charge is 2.26. The Morgan fingerprint density at radius 3 is 2.52 bits per heavy atom. The van der Waals surface area contributed by atoms with Gasteiger partial charge in [0, 0.05) is 50.7 Å². The quantitative estimate of drug-likeness (QED) is 0.586. The van der Waals surface area contributed by atoms with Crippen LogP contribution in [-0.2, 0) is 4.74 Å². The fourth-order valence-corrected chi connectivity index (χ4v) is 4.01. The van der Waals surface area contributed by atoms with Crippen molar-refractivity contribution in [3.8, 4) is 0 Å². The van der Waals surface area contributed by atoms with Crippen LogP contribution in [0.3, 0.4) is 0 Å². The number of morpholine rings is 1. The summed E-state index contributed by atoms with van der Waals surface area (Å²) in [5.74, 6) is 0.494. The van der Waals surface area contributed by atoms with E-state index in [1.54, 1.807) is 29.3 Å². The standard InChI is InChI=1S/C22H23N5O4/c28-21(18-13-16-3-1-2-4-19(16)31-22(18)29)27-7-5-26(6-8-27)20-14-17(15-23-24-20)25-9-11-30-12-10-25/h1-4,13-15H,5-12H2. The molecular weight excluding hydrogens is 398 g/mol. The van der Waals surface area contributed by atoms with Crippen LogP contribution in [0.25, 0.3) is 11.0 Å². The number of fused-ring (bicyclic) bond motifs is 1. The summed E-state index contributed by atoms with van der Waals surface area (Å²) < 4.78 is 10.7. The van der Waals surface area contributed by atoms with Gasteiger partial charge in [-0.1, -0.05) is 18.2 Å². The van der Waals surface area contributed by atoms with Crippen molar-refractivity contribution in [1.82, 2.24) is 15.1 Å². The van der Waals surface area contributed by atoms with Gasteiger partial charge in [0.2, 0.25) is 0 Å². The minimum atomic E-state index is -0.602. The van der Waals surface area contributed by atoms with Crippen molar-refractivity contribution in [3.63, 3.8) is 0 Å². The Hall–Kier alpha value is -3.46. The van der Waals surface area contributed by atoms with E-state index in [2.05, 4.69) is 20.0 Å². The van der Waals surface area contributed by atoms with Gasteiger partial charge in [-0.3, -0.25) is 4.79 Å². The second kappa shape index (κ2) is 8.35. The summed E-state index contributed by atoms with van der Waals surface area (Å²) >= 11 is 0. The van der Waals surface area contributed by atoms with Crippen molar-refractivity contribution in [1.29, 1.82) is 0 Å². The largest absolute Gasteiger partial charge is 0.422 e. The molecule has 0 spiro atoms. The van der Waals surface area contributed by atoms with E-state index in [1.165, 1.54) is 0 Å². The number of hydrogen-bond acceptors (Lipinski definition) is 8. The van der Waals surface area contributed by atoms with E-state index < -0.39 is 5.63 Å². The van der Waals surface area contributed by atoms with Gasteiger partial charge in [0.1, 0.15) is 11.1 Å². The number of para-hydroxylation sites is 1. The summed E-state index contributed by atoms with van der Waals surface area (Å²) in [6.45, 7) is 5.31. The zero-order valence-corrected chi connectivity index (χ0v) is 17.1. The van der Waals surface area contributed by atoms with Crippen molar-refractivity contribution in [2.75, 3.05) is 62.3 Å². The zero-order valence-electron chi connectivity index (χ0n) is 17.1. The predicted octanol–water partition coefficient (Wildman–Crippen LogP) is 1.38. The van der Waals surface area contributed by atoms with Crippen LogP contribution < -0.4 is 15.4 Å². The Morgan fingerprint density at radius 2 is 1.71 bits per heavy atom. The number of ether oxygens (including phenoxy) is 1. The van der Waals surface area contributed by atoms with Crippen molar-refractivity contribution < 1.29 is 13.9 Å². The minimum absolute atomic E-state index is 0.0706. The van der Waals surface area contributed by atoms with Crippen LogP contribution >= 0.6 is 0 Å². The van der Waals surface area contributed by atoms with E-state index >= 15 is 0 Å². The molecule has 9 heteroatoms. The van der Waals surface area contributed by atoms with E-state index in [1.807, 2.05) is 18.2 Å². The monoisotopic (exact) mass is 421 g/mol. The molecule has 4 heterocycles. The lowest BCUT2D eigenvalue weighted by Crippen LogP contribution is -2.49. The van der Waals surface area contributed by atoms with Gasteiger partial charge in [-0.15, -0.1) is 5.10 Å². The van der Waals surface area contributed by atoms with E-state index in [4.69, 9.17) is 9.15 Å². The molecule has 2 aliphatic heterocycles. The SMILES string of the molecule is O=C(c1cc2ccccc2oc1=O)N1CCN(c2cc(N3CCOCC3)cnn2)CC1. The second-order valence-electron chi connectivity index (χ2n) is 7.64. The van der Waals surface area contributed by atoms with E-state index in [0.717, 1.165) is 30.0 Å². The van der Waals surface area contributed by atoms with Crippen LogP contribution in [0.5, 0.6) is 0 Å². The Kier molecular flexibility index (Phi) is 5.25. The molecule has 5 rings (SSSR count). The van der Waals surface area contributed by atoms with Gasteiger partial charge in [0.15, 0.2) is 5.82 Å². The molecule has 1 aromatic carbocycles. The van der Waals surface area contributed by atoms with Gasteiger partial charge in [-0.05, 0) is 12.1 Å². The third-order valence-electron chi connectivity index (χ3n) is 5.77. The predicted molar refractivity (Wildman–Crippen MR) is 116 cm³/mol. The smallest absolute Gasteiger partial charge is 0.349 e. The highest BCUT2D eigenvalue weighted by atomic mass is 16.5. The molecule has 0 radical (unpaired) electrons. The molecule has 0 N–H and O–H groups in total. The van der Waals surface area contributed by atoms with Gasteiger partial charge in [-0.2, -0.15) is 5.10 Å². The van der Waals surface area contributed by atoms with Crippen molar-refractivity contribution in [3.05, 3.63) is 58.6 Å². The van der Waals surface area contributed by atoms with Crippen LogP contribution in [-0.4, -0.2) is 73.5 Å². The Balaban J connectivity index is 1.28. The van der Waals surface area contributed by atoms with Crippen molar-refractivity contribution >= 4 is 28.4 Å². The molecule has 2 fully saturated rings. The van der Waals surface area contributed by atoms with E-state index in [9.17, 15) is 9.59 Å². The molecule has 0 unspecified atom stereocenters. The molecule has 0 aliphatic carbocycles. The van der Waals surface area contributed by atoms with Gasteiger partial charge >= 0.3 is 5.63 Å². The van der Waals surface area contributed by atoms with E-state index in [-0.39, 0.29) is 11.5 Å². The molecule has 1 amide bonds. The van der Waals surface area contributed by atoms with Gasteiger partial charge in [0.25, 0.3) is 5.91 Å². The number of nitrogens with zero attached hydrogens (tertiary/aromatic N) is 5. The average Bonchev–Trinajstić information content (AvgIpc) is 2.84. The van der Waals surface area contributed by atoms with Crippen LogP contribution in [0, 0.1) is 0 Å².